The second-order valence-electron chi connectivity index (χ2n) is 11.8. The summed E-state index contributed by atoms with van der Waals surface area (Å²) >= 11 is 0. The van der Waals surface area contributed by atoms with Gasteiger partial charge in [-0.3, -0.25) is 19.2 Å². The number of pyridine rings is 1. The van der Waals surface area contributed by atoms with Crippen molar-refractivity contribution < 1.29 is 19.1 Å². The van der Waals surface area contributed by atoms with Crippen molar-refractivity contribution in [1.29, 1.82) is 0 Å². The van der Waals surface area contributed by atoms with Crippen molar-refractivity contribution in [2.24, 2.45) is 17.0 Å². The van der Waals surface area contributed by atoms with E-state index in [1.807, 2.05) is 58.0 Å². The summed E-state index contributed by atoms with van der Waals surface area (Å²) in [5.41, 5.74) is 8.97. The van der Waals surface area contributed by atoms with Crippen molar-refractivity contribution in [3.05, 3.63) is 74.5 Å². The standard InChI is InChI=1S/C30H40N6O5/c1-18(2)12-22(26(37)30(6)17-41-30)32-28(39)25(13-19(3)4)36-16-20(5)14-24(29(36)40)33-27(38)23(34-35-31)15-21-10-8-7-9-11-21/h7-11,14,16,18-19,22-23,25H,12-13,15,17H2,1-6H3,(H,32,39)(H,33,38)/t22-,23-,25-,30+/m0/s1. The number of hydrogen-bond acceptors (Lipinski definition) is 6. The van der Waals surface area contributed by atoms with Gasteiger partial charge in [0.25, 0.3) is 5.56 Å². The molecule has 11 nitrogen and oxygen atoms in total. The zero-order valence-electron chi connectivity index (χ0n) is 24.6. The van der Waals surface area contributed by atoms with Crippen LogP contribution in [-0.2, 0) is 25.5 Å². The van der Waals surface area contributed by atoms with Gasteiger partial charge in [-0.25, -0.2) is 0 Å². The number of carbonyl (C=O) groups is 3. The minimum absolute atomic E-state index is 0.0311. The highest BCUT2D eigenvalue weighted by Crippen LogP contribution is 2.30. The van der Waals surface area contributed by atoms with Crippen LogP contribution in [0.2, 0.25) is 0 Å². The number of nitrogens with one attached hydrogen (secondary N) is 2. The Morgan fingerprint density at radius 1 is 1.10 bits per heavy atom. The Labute approximate surface area is 240 Å². The predicted molar refractivity (Wildman–Crippen MR) is 156 cm³/mol. The van der Waals surface area contributed by atoms with Crippen molar-refractivity contribution in [2.45, 2.75) is 84.5 Å². The SMILES string of the molecule is Cc1cc(NC(=O)[C@H](Cc2ccccc2)N=[N+]=[N-])c(=O)n([C@@H](CC(C)C)C(=O)N[C@@H](CC(C)C)C(=O)[C@@]2(C)CO2)c1. The van der Waals surface area contributed by atoms with E-state index in [0.29, 0.717) is 25.0 Å². The van der Waals surface area contributed by atoms with E-state index in [-0.39, 0.29) is 29.7 Å². The molecule has 0 saturated carbocycles. The number of benzene rings is 1. The van der Waals surface area contributed by atoms with Crippen molar-refractivity contribution in [3.63, 3.8) is 0 Å². The van der Waals surface area contributed by atoms with Gasteiger partial charge in [0.05, 0.1) is 12.6 Å². The highest BCUT2D eigenvalue weighted by atomic mass is 16.6. The molecule has 2 heterocycles. The lowest BCUT2D eigenvalue weighted by Gasteiger charge is -2.27. The monoisotopic (exact) mass is 564 g/mol. The molecular weight excluding hydrogens is 524 g/mol. The third kappa shape index (κ3) is 8.52. The number of Topliss-reactive ketones (excluding diaryl/α,β-unsaturated/α-hetero) is 1. The van der Waals surface area contributed by atoms with Crippen LogP contribution in [0.1, 0.15) is 64.6 Å². The number of azide groups is 1. The van der Waals surface area contributed by atoms with Gasteiger partial charge >= 0.3 is 0 Å². The highest BCUT2D eigenvalue weighted by molar-refractivity contribution is 5.97. The van der Waals surface area contributed by atoms with Gasteiger partial charge in [0.1, 0.15) is 23.4 Å². The fourth-order valence-corrected chi connectivity index (χ4v) is 4.75. The summed E-state index contributed by atoms with van der Waals surface area (Å²) in [6.07, 6.45) is 2.49. The number of carbonyl (C=O) groups excluding carboxylic acids is 3. The van der Waals surface area contributed by atoms with Gasteiger partial charge in [-0.2, -0.15) is 0 Å². The number of amides is 2. The molecule has 2 amide bonds. The van der Waals surface area contributed by atoms with Crippen LogP contribution in [0.3, 0.4) is 0 Å². The summed E-state index contributed by atoms with van der Waals surface area (Å²) < 4.78 is 6.66. The third-order valence-electron chi connectivity index (χ3n) is 6.97. The van der Waals surface area contributed by atoms with Crippen molar-refractivity contribution in [1.82, 2.24) is 9.88 Å². The fraction of sp³-hybridized carbons (Fsp3) is 0.533. The van der Waals surface area contributed by atoms with Gasteiger partial charge in [0.15, 0.2) is 5.78 Å². The molecule has 4 atom stereocenters. The van der Waals surface area contributed by atoms with Gasteiger partial charge in [-0.15, -0.1) is 0 Å². The summed E-state index contributed by atoms with van der Waals surface area (Å²) in [4.78, 5) is 56.5. The molecule has 0 spiro atoms. The Kier molecular flexibility index (Phi) is 10.5. The minimum atomic E-state index is -1.08. The first kappa shape index (κ1) is 31.6. The number of rotatable bonds is 14. The first-order valence-corrected chi connectivity index (χ1v) is 13.9. The molecule has 1 aromatic heterocycles. The van der Waals surface area contributed by atoms with Crippen LogP contribution in [0.25, 0.3) is 10.4 Å². The zero-order valence-corrected chi connectivity index (χ0v) is 24.6. The number of ether oxygens (including phenoxy) is 1. The molecule has 220 valence electrons. The maximum atomic E-state index is 13.7. The lowest BCUT2D eigenvalue weighted by atomic mass is 9.92. The normalized spacial score (nSPS) is 18.2. The Morgan fingerprint density at radius 2 is 1.73 bits per heavy atom. The molecule has 3 rings (SSSR count). The van der Waals surface area contributed by atoms with E-state index in [1.165, 1.54) is 10.6 Å². The predicted octanol–water partition coefficient (Wildman–Crippen LogP) is 4.49. The van der Waals surface area contributed by atoms with Crippen LogP contribution in [-0.4, -0.2) is 46.5 Å². The highest BCUT2D eigenvalue weighted by Gasteiger charge is 2.50. The van der Waals surface area contributed by atoms with Crippen LogP contribution in [0.5, 0.6) is 0 Å². The number of aromatic nitrogens is 1. The third-order valence-corrected chi connectivity index (χ3v) is 6.97. The van der Waals surface area contributed by atoms with Gasteiger partial charge in [0, 0.05) is 11.1 Å². The molecular formula is C30H40N6O5. The van der Waals surface area contributed by atoms with Gasteiger partial charge in [-0.05, 0) is 67.7 Å². The second kappa shape index (κ2) is 13.6. The fourth-order valence-electron chi connectivity index (χ4n) is 4.75. The molecule has 2 N–H and O–H groups in total. The van der Waals surface area contributed by atoms with E-state index in [0.717, 1.165) is 5.56 Å². The second-order valence-corrected chi connectivity index (χ2v) is 11.8. The number of aryl methyl sites for hydroxylation is 1. The molecule has 11 heteroatoms. The van der Waals surface area contributed by atoms with E-state index in [4.69, 9.17) is 10.3 Å². The van der Waals surface area contributed by atoms with E-state index in [2.05, 4.69) is 20.7 Å². The lowest BCUT2D eigenvalue weighted by Crippen LogP contribution is -2.50. The number of nitrogens with zero attached hydrogens (tertiary/aromatic N) is 4. The van der Waals surface area contributed by atoms with Gasteiger partial charge < -0.3 is 19.9 Å². The average molecular weight is 565 g/mol. The minimum Gasteiger partial charge on any atom is -0.361 e. The van der Waals surface area contributed by atoms with Crippen molar-refractivity contribution in [3.8, 4) is 0 Å². The smallest absolute Gasteiger partial charge is 0.275 e. The van der Waals surface area contributed by atoms with Crippen molar-refractivity contribution in [2.75, 3.05) is 11.9 Å². The molecule has 1 aromatic carbocycles. The Hall–Kier alpha value is -3.95. The largest absolute Gasteiger partial charge is 0.361 e. The molecule has 0 bridgehead atoms. The maximum absolute atomic E-state index is 13.7. The van der Waals surface area contributed by atoms with Crippen LogP contribution in [0.15, 0.2) is 52.5 Å². The molecule has 2 aromatic rings. The summed E-state index contributed by atoms with van der Waals surface area (Å²) in [6, 6.07) is 7.86. The summed E-state index contributed by atoms with van der Waals surface area (Å²) in [5, 5.41) is 9.16. The zero-order chi connectivity index (χ0) is 30.3. The topological polar surface area (TPSA) is 159 Å². The maximum Gasteiger partial charge on any atom is 0.275 e. The number of anilines is 1. The molecule has 1 saturated heterocycles. The molecule has 0 aliphatic carbocycles. The van der Waals surface area contributed by atoms with E-state index in [9.17, 15) is 19.2 Å². The van der Waals surface area contributed by atoms with Gasteiger partial charge in [-0.1, -0.05) is 63.1 Å². The Balaban J connectivity index is 1.91. The van der Waals surface area contributed by atoms with Gasteiger partial charge in [0.2, 0.25) is 11.8 Å². The van der Waals surface area contributed by atoms with Crippen molar-refractivity contribution >= 4 is 23.3 Å². The summed E-state index contributed by atoms with van der Waals surface area (Å²) in [5.74, 6) is -1.09. The van der Waals surface area contributed by atoms with E-state index >= 15 is 0 Å². The number of epoxide rings is 1. The first-order chi connectivity index (χ1) is 19.3. The number of ketones is 1. The average Bonchev–Trinajstić information content (AvgIpc) is 3.66. The molecule has 0 unspecified atom stereocenters. The summed E-state index contributed by atoms with van der Waals surface area (Å²) in [7, 11) is 0. The quantitative estimate of drug-likeness (QED) is 0.149. The molecule has 41 heavy (non-hydrogen) atoms. The molecule has 1 aliphatic rings. The van der Waals surface area contributed by atoms with Crippen LogP contribution < -0.4 is 16.2 Å². The molecule has 1 fully saturated rings. The molecule has 1 aliphatic heterocycles. The van der Waals surface area contributed by atoms with Crippen LogP contribution >= 0.6 is 0 Å². The van der Waals surface area contributed by atoms with E-state index < -0.39 is 41.1 Å². The Bertz CT molecular complexity index is 1360. The molecule has 0 radical (unpaired) electrons. The number of hydrogen-bond donors (Lipinski definition) is 2. The van der Waals surface area contributed by atoms with Crippen LogP contribution in [0, 0.1) is 18.8 Å². The van der Waals surface area contributed by atoms with E-state index in [1.54, 1.807) is 20.0 Å². The Morgan fingerprint density at radius 3 is 2.29 bits per heavy atom. The lowest BCUT2D eigenvalue weighted by molar-refractivity contribution is -0.132. The van der Waals surface area contributed by atoms with Crippen LogP contribution in [0.4, 0.5) is 5.69 Å². The first-order valence-electron chi connectivity index (χ1n) is 13.9. The summed E-state index contributed by atoms with van der Waals surface area (Å²) in [6.45, 7) is 11.6.